The largest absolute Gasteiger partial charge is 0.481 e. The van der Waals surface area contributed by atoms with Crippen LogP contribution in [0.3, 0.4) is 0 Å². The second-order valence-corrected chi connectivity index (χ2v) is 4.98. The fraction of sp³-hybridized carbons (Fsp3) is 0.600. The van der Waals surface area contributed by atoms with Gasteiger partial charge in [-0.05, 0) is 0 Å². The van der Waals surface area contributed by atoms with Crippen molar-refractivity contribution in [2.45, 2.75) is 19.0 Å². The van der Waals surface area contributed by atoms with Crippen LogP contribution < -0.4 is 0 Å². The molecule has 1 aromatic heterocycles. The molecule has 0 spiro atoms. The minimum absolute atomic E-state index is 0.117. The van der Waals surface area contributed by atoms with Crippen LogP contribution in [0.15, 0.2) is 17.0 Å². The average Bonchev–Trinajstić information content (AvgIpc) is 2.73. The number of aliphatic carboxylic acids is 1. The van der Waals surface area contributed by atoms with E-state index < -0.39 is 5.97 Å². The molecule has 88 valence electrons. The lowest BCUT2D eigenvalue weighted by molar-refractivity contribution is -0.138. The van der Waals surface area contributed by atoms with Crippen molar-refractivity contribution in [1.29, 1.82) is 0 Å². The Morgan fingerprint density at radius 2 is 2.62 bits per heavy atom. The number of aromatic nitrogens is 1. The number of carbonyl (C=O) groups is 1. The van der Waals surface area contributed by atoms with E-state index in [4.69, 9.17) is 9.63 Å². The zero-order valence-corrected chi connectivity index (χ0v) is 9.65. The van der Waals surface area contributed by atoms with Crippen molar-refractivity contribution < 1.29 is 14.4 Å². The average molecular weight is 242 g/mol. The Kier molecular flexibility index (Phi) is 3.84. The van der Waals surface area contributed by atoms with E-state index in [1.165, 1.54) is 0 Å². The van der Waals surface area contributed by atoms with Crippen molar-refractivity contribution in [3.8, 4) is 0 Å². The minimum Gasteiger partial charge on any atom is -0.481 e. The molecular weight excluding hydrogens is 228 g/mol. The molecule has 0 saturated carbocycles. The first-order chi connectivity index (χ1) is 7.75. The molecule has 0 radical (unpaired) electrons. The van der Waals surface area contributed by atoms with E-state index in [0.717, 1.165) is 30.2 Å². The molecule has 1 aromatic rings. The zero-order chi connectivity index (χ0) is 11.4. The van der Waals surface area contributed by atoms with Gasteiger partial charge in [-0.3, -0.25) is 9.69 Å². The number of nitrogens with zero attached hydrogens (tertiary/aromatic N) is 2. The Morgan fingerprint density at radius 1 is 1.75 bits per heavy atom. The SMILES string of the molecule is O=C(O)CC1CSCCN1Cc1cnoc1. The molecule has 1 aliphatic heterocycles. The van der Waals surface area contributed by atoms with Crippen molar-refractivity contribution in [3.63, 3.8) is 0 Å². The van der Waals surface area contributed by atoms with Crippen molar-refractivity contribution in [2.24, 2.45) is 0 Å². The topological polar surface area (TPSA) is 66.6 Å². The number of carboxylic acids is 1. The van der Waals surface area contributed by atoms with Gasteiger partial charge < -0.3 is 9.63 Å². The Balaban J connectivity index is 1.96. The maximum Gasteiger partial charge on any atom is 0.304 e. The van der Waals surface area contributed by atoms with Gasteiger partial charge in [0.05, 0.1) is 12.6 Å². The highest BCUT2D eigenvalue weighted by atomic mass is 32.2. The molecule has 1 saturated heterocycles. The summed E-state index contributed by atoms with van der Waals surface area (Å²) in [6, 6.07) is 0.117. The summed E-state index contributed by atoms with van der Waals surface area (Å²) in [7, 11) is 0. The number of thioether (sulfide) groups is 1. The van der Waals surface area contributed by atoms with Gasteiger partial charge in [-0.25, -0.2) is 0 Å². The lowest BCUT2D eigenvalue weighted by atomic mass is 10.2. The molecule has 0 bridgehead atoms. The summed E-state index contributed by atoms with van der Waals surface area (Å²) in [6.45, 7) is 1.65. The van der Waals surface area contributed by atoms with Crippen LogP contribution in [0.1, 0.15) is 12.0 Å². The summed E-state index contributed by atoms with van der Waals surface area (Å²) >= 11 is 1.82. The van der Waals surface area contributed by atoms with Crippen LogP contribution in [-0.4, -0.2) is 45.2 Å². The molecule has 1 aliphatic rings. The third-order valence-electron chi connectivity index (χ3n) is 2.63. The summed E-state index contributed by atoms with van der Waals surface area (Å²) in [5.41, 5.74) is 1.00. The summed E-state index contributed by atoms with van der Waals surface area (Å²) < 4.78 is 4.77. The van der Waals surface area contributed by atoms with E-state index in [1.807, 2.05) is 11.8 Å². The van der Waals surface area contributed by atoms with E-state index in [-0.39, 0.29) is 12.5 Å². The zero-order valence-electron chi connectivity index (χ0n) is 8.83. The highest BCUT2D eigenvalue weighted by Gasteiger charge is 2.25. The highest BCUT2D eigenvalue weighted by molar-refractivity contribution is 7.99. The van der Waals surface area contributed by atoms with Crippen molar-refractivity contribution >= 4 is 17.7 Å². The van der Waals surface area contributed by atoms with Gasteiger partial charge in [-0.1, -0.05) is 5.16 Å². The van der Waals surface area contributed by atoms with E-state index in [0.29, 0.717) is 0 Å². The molecule has 5 nitrogen and oxygen atoms in total. The Labute approximate surface area is 97.8 Å². The van der Waals surface area contributed by atoms with Gasteiger partial charge in [0.2, 0.25) is 0 Å². The summed E-state index contributed by atoms with van der Waals surface area (Å²) in [5.74, 6) is 1.21. The highest BCUT2D eigenvalue weighted by Crippen LogP contribution is 2.21. The molecule has 0 aliphatic carbocycles. The van der Waals surface area contributed by atoms with Gasteiger partial charge in [0.25, 0.3) is 0 Å². The normalized spacial score (nSPS) is 22.1. The predicted octanol–water partition coefficient (Wildman–Crippen LogP) is 1.07. The van der Waals surface area contributed by atoms with Crippen LogP contribution in [0, 0.1) is 0 Å². The minimum atomic E-state index is -0.734. The number of carboxylic acid groups (broad SMARTS) is 1. The monoisotopic (exact) mass is 242 g/mol. The van der Waals surface area contributed by atoms with Crippen LogP contribution in [0.4, 0.5) is 0 Å². The van der Waals surface area contributed by atoms with E-state index in [2.05, 4.69) is 10.1 Å². The van der Waals surface area contributed by atoms with E-state index in [9.17, 15) is 4.79 Å². The van der Waals surface area contributed by atoms with Gasteiger partial charge in [-0.15, -0.1) is 0 Å². The van der Waals surface area contributed by atoms with Gasteiger partial charge in [0.15, 0.2) is 0 Å². The Bertz CT molecular complexity index is 342. The van der Waals surface area contributed by atoms with Crippen LogP contribution in [0.5, 0.6) is 0 Å². The molecule has 0 amide bonds. The molecule has 1 N–H and O–H groups in total. The summed E-state index contributed by atoms with van der Waals surface area (Å²) in [5, 5.41) is 12.5. The first-order valence-corrected chi connectivity index (χ1v) is 6.33. The standard InChI is InChI=1S/C10H14N2O3S/c13-10(14)3-9-7-16-2-1-12(9)5-8-4-11-15-6-8/h4,6,9H,1-3,5,7H2,(H,13,14). The van der Waals surface area contributed by atoms with Crippen molar-refractivity contribution in [3.05, 3.63) is 18.0 Å². The van der Waals surface area contributed by atoms with Crippen molar-refractivity contribution in [2.75, 3.05) is 18.1 Å². The van der Waals surface area contributed by atoms with Crippen LogP contribution >= 0.6 is 11.8 Å². The van der Waals surface area contributed by atoms with Crippen molar-refractivity contribution in [1.82, 2.24) is 10.1 Å². The van der Waals surface area contributed by atoms with Gasteiger partial charge >= 0.3 is 5.97 Å². The molecule has 2 rings (SSSR count). The Morgan fingerprint density at radius 3 is 3.31 bits per heavy atom. The van der Waals surface area contributed by atoms with Crippen LogP contribution in [-0.2, 0) is 11.3 Å². The van der Waals surface area contributed by atoms with Gasteiger partial charge in [0.1, 0.15) is 6.26 Å². The molecule has 0 aromatic carbocycles. The van der Waals surface area contributed by atoms with Crippen LogP contribution in [0.25, 0.3) is 0 Å². The molecule has 1 atom stereocenters. The first-order valence-electron chi connectivity index (χ1n) is 5.17. The number of rotatable bonds is 4. The summed E-state index contributed by atoms with van der Waals surface area (Å²) in [6.07, 6.45) is 3.50. The lowest BCUT2D eigenvalue weighted by Gasteiger charge is -2.34. The van der Waals surface area contributed by atoms with Crippen LogP contribution in [0.2, 0.25) is 0 Å². The van der Waals surface area contributed by atoms with E-state index in [1.54, 1.807) is 12.5 Å². The maximum atomic E-state index is 10.7. The molecule has 1 fully saturated rings. The molecular formula is C10H14N2O3S. The third kappa shape index (κ3) is 2.99. The quantitative estimate of drug-likeness (QED) is 0.851. The maximum absolute atomic E-state index is 10.7. The second-order valence-electron chi connectivity index (χ2n) is 3.83. The second kappa shape index (κ2) is 5.36. The van der Waals surface area contributed by atoms with Gasteiger partial charge in [0, 0.05) is 36.2 Å². The molecule has 1 unspecified atom stereocenters. The number of hydrogen-bond donors (Lipinski definition) is 1. The molecule has 16 heavy (non-hydrogen) atoms. The predicted molar refractivity (Wildman–Crippen MR) is 60.3 cm³/mol. The molecule has 2 heterocycles. The lowest BCUT2D eigenvalue weighted by Crippen LogP contribution is -2.42. The smallest absolute Gasteiger partial charge is 0.304 e. The fourth-order valence-electron chi connectivity index (χ4n) is 1.83. The van der Waals surface area contributed by atoms with Gasteiger partial charge in [-0.2, -0.15) is 11.8 Å². The third-order valence-corrected chi connectivity index (χ3v) is 3.72. The van der Waals surface area contributed by atoms with E-state index >= 15 is 0 Å². The molecule has 6 heteroatoms. The number of hydrogen-bond acceptors (Lipinski definition) is 5. The fourth-order valence-corrected chi connectivity index (χ4v) is 2.96. The summed E-state index contributed by atoms with van der Waals surface area (Å²) in [4.78, 5) is 12.9. The Hall–Kier alpha value is -1.01. The first kappa shape index (κ1) is 11.5.